The van der Waals surface area contributed by atoms with Crippen molar-refractivity contribution in [2.45, 2.75) is 45.7 Å². The molecule has 108 valence electrons. The third kappa shape index (κ3) is 2.67. The first-order chi connectivity index (χ1) is 9.54. The number of nitrogens with zero attached hydrogens (tertiary/aromatic N) is 1. The molecule has 3 heteroatoms. The van der Waals surface area contributed by atoms with E-state index in [0.717, 1.165) is 35.9 Å². The highest BCUT2D eigenvalue weighted by Gasteiger charge is 2.48. The maximum atomic E-state index is 12.7. The van der Waals surface area contributed by atoms with Crippen molar-refractivity contribution >= 4 is 11.6 Å². The molecule has 0 saturated heterocycles. The van der Waals surface area contributed by atoms with Crippen molar-refractivity contribution in [1.82, 2.24) is 4.90 Å². The van der Waals surface area contributed by atoms with Gasteiger partial charge in [0.15, 0.2) is 0 Å². The molecule has 20 heavy (non-hydrogen) atoms. The zero-order valence-electron chi connectivity index (χ0n) is 12.4. The van der Waals surface area contributed by atoms with E-state index in [-0.39, 0.29) is 12.0 Å². The molecule has 0 aromatic heterocycles. The summed E-state index contributed by atoms with van der Waals surface area (Å²) in [6.45, 7) is 4.87. The van der Waals surface area contributed by atoms with E-state index in [0.29, 0.717) is 12.5 Å². The number of hydrogen-bond acceptors (Lipinski definition) is 2. The zero-order chi connectivity index (χ0) is 14.3. The van der Waals surface area contributed by atoms with Gasteiger partial charge in [-0.15, -0.1) is 0 Å². The van der Waals surface area contributed by atoms with E-state index in [4.69, 9.17) is 5.73 Å². The van der Waals surface area contributed by atoms with Crippen molar-refractivity contribution in [2.24, 2.45) is 17.8 Å². The van der Waals surface area contributed by atoms with Crippen LogP contribution in [0.3, 0.4) is 0 Å². The molecule has 1 aromatic carbocycles. The Kier molecular flexibility index (Phi) is 3.45. The lowest BCUT2D eigenvalue weighted by molar-refractivity contribution is -0.138. The Bertz CT molecular complexity index is 501. The molecule has 1 aromatic rings. The number of rotatable bonds is 4. The number of benzene rings is 1. The van der Waals surface area contributed by atoms with Crippen molar-refractivity contribution in [1.29, 1.82) is 0 Å². The average Bonchev–Trinajstić information content (AvgIpc) is 3.01. The van der Waals surface area contributed by atoms with Gasteiger partial charge in [-0.05, 0) is 62.6 Å². The van der Waals surface area contributed by atoms with Gasteiger partial charge < -0.3 is 10.6 Å². The maximum Gasteiger partial charge on any atom is 0.226 e. The number of anilines is 1. The van der Waals surface area contributed by atoms with Crippen LogP contribution in [-0.4, -0.2) is 16.8 Å². The van der Waals surface area contributed by atoms with Crippen molar-refractivity contribution in [2.75, 3.05) is 5.73 Å². The molecule has 0 radical (unpaired) electrons. The average molecular weight is 272 g/mol. The summed E-state index contributed by atoms with van der Waals surface area (Å²) in [5.74, 6) is 2.31. The molecular formula is C17H24N2O. The van der Waals surface area contributed by atoms with Crippen LogP contribution in [0, 0.1) is 17.8 Å². The highest BCUT2D eigenvalue weighted by molar-refractivity contribution is 5.79. The van der Waals surface area contributed by atoms with Crippen molar-refractivity contribution in [3.05, 3.63) is 29.8 Å². The molecule has 2 atom stereocenters. The van der Waals surface area contributed by atoms with Crippen LogP contribution in [0.15, 0.2) is 24.3 Å². The van der Waals surface area contributed by atoms with Gasteiger partial charge in [0.2, 0.25) is 5.91 Å². The van der Waals surface area contributed by atoms with Crippen molar-refractivity contribution < 1.29 is 4.79 Å². The molecule has 2 unspecified atom stereocenters. The highest BCUT2D eigenvalue weighted by atomic mass is 16.2. The Balaban J connectivity index is 1.70. The number of hydrogen-bond donors (Lipinski definition) is 1. The predicted octanol–water partition coefficient (Wildman–Crippen LogP) is 3.05. The van der Waals surface area contributed by atoms with Crippen LogP contribution in [-0.2, 0) is 11.3 Å². The molecule has 1 amide bonds. The normalized spacial score (nSPS) is 27.4. The first kappa shape index (κ1) is 13.5. The van der Waals surface area contributed by atoms with E-state index in [2.05, 4.69) is 13.8 Å². The predicted molar refractivity (Wildman–Crippen MR) is 80.9 cm³/mol. The molecule has 0 bridgehead atoms. The van der Waals surface area contributed by atoms with Gasteiger partial charge in [0, 0.05) is 24.2 Å². The molecule has 3 nitrogen and oxygen atoms in total. The second-order valence-corrected chi connectivity index (χ2v) is 6.73. The van der Waals surface area contributed by atoms with Crippen LogP contribution in [0.25, 0.3) is 0 Å². The topological polar surface area (TPSA) is 46.3 Å². The van der Waals surface area contributed by atoms with Crippen LogP contribution < -0.4 is 5.73 Å². The minimum atomic E-state index is 0.237. The standard InChI is InChI=1S/C17H24N2O/c1-11(2)19(10-12-4-3-5-16(18)6-12)17(20)15-8-13-7-14(13)9-15/h3-6,11,13-15H,7-10,18H2,1-2H3. The van der Waals surface area contributed by atoms with E-state index in [1.807, 2.05) is 29.2 Å². The molecule has 2 saturated carbocycles. The molecule has 2 fully saturated rings. The number of nitrogen functional groups attached to an aromatic ring is 1. The lowest BCUT2D eigenvalue weighted by Crippen LogP contribution is -2.40. The number of amides is 1. The molecule has 2 aliphatic rings. The van der Waals surface area contributed by atoms with Crippen LogP contribution in [0.5, 0.6) is 0 Å². The van der Waals surface area contributed by atoms with Crippen molar-refractivity contribution in [3.8, 4) is 0 Å². The monoisotopic (exact) mass is 272 g/mol. The van der Waals surface area contributed by atoms with E-state index < -0.39 is 0 Å². The van der Waals surface area contributed by atoms with Gasteiger partial charge in [-0.3, -0.25) is 4.79 Å². The second kappa shape index (κ2) is 5.12. The summed E-state index contributed by atoms with van der Waals surface area (Å²) < 4.78 is 0. The smallest absolute Gasteiger partial charge is 0.226 e. The molecule has 0 spiro atoms. The maximum absolute atomic E-state index is 12.7. The van der Waals surface area contributed by atoms with Crippen molar-refractivity contribution in [3.63, 3.8) is 0 Å². The fraction of sp³-hybridized carbons (Fsp3) is 0.588. The highest BCUT2D eigenvalue weighted by Crippen LogP contribution is 2.54. The summed E-state index contributed by atoms with van der Waals surface area (Å²) in [5.41, 5.74) is 7.71. The van der Waals surface area contributed by atoms with Crippen LogP contribution in [0.2, 0.25) is 0 Å². The lowest BCUT2D eigenvalue weighted by atomic mass is 10.0. The molecule has 2 aliphatic carbocycles. The zero-order valence-corrected chi connectivity index (χ0v) is 12.4. The SMILES string of the molecule is CC(C)N(Cc1cccc(N)c1)C(=O)C1CC2CC2C1. The molecular weight excluding hydrogens is 248 g/mol. The summed E-state index contributed by atoms with van der Waals surface area (Å²) in [4.78, 5) is 14.8. The fourth-order valence-electron chi connectivity index (χ4n) is 3.55. The van der Waals surface area contributed by atoms with E-state index in [1.165, 1.54) is 6.42 Å². The minimum absolute atomic E-state index is 0.237. The summed E-state index contributed by atoms with van der Waals surface area (Å²) in [6.07, 6.45) is 3.59. The van der Waals surface area contributed by atoms with Gasteiger partial charge in [0.1, 0.15) is 0 Å². The van der Waals surface area contributed by atoms with Gasteiger partial charge in [0.25, 0.3) is 0 Å². The van der Waals surface area contributed by atoms with Gasteiger partial charge in [-0.25, -0.2) is 0 Å². The molecule has 3 rings (SSSR count). The summed E-state index contributed by atoms with van der Waals surface area (Å²) in [6, 6.07) is 8.09. The Hall–Kier alpha value is -1.51. The van der Waals surface area contributed by atoms with Crippen LogP contribution in [0.4, 0.5) is 5.69 Å². The first-order valence-corrected chi connectivity index (χ1v) is 7.69. The largest absolute Gasteiger partial charge is 0.399 e. The third-order valence-electron chi connectivity index (χ3n) is 4.80. The number of fused-ring (bicyclic) bond motifs is 1. The summed E-state index contributed by atoms with van der Waals surface area (Å²) >= 11 is 0. The van der Waals surface area contributed by atoms with Crippen LogP contribution in [0.1, 0.15) is 38.7 Å². The Morgan fingerprint density at radius 1 is 1.30 bits per heavy atom. The van der Waals surface area contributed by atoms with Gasteiger partial charge in [0.05, 0.1) is 0 Å². The lowest BCUT2D eigenvalue weighted by Gasteiger charge is -2.30. The Labute approximate surface area is 121 Å². The van der Waals surface area contributed by atoms with Gasteiger partial charge in [-0.2, -0.15) is 0 Å². The summed E-state index contributed by atoms with van der Waals surface area (Å²) in [7, 11) is 0. The molecule has 2 N–H and O–H groups in total. The Morgan fingerprint density at radius 2 is 2.00 bits per heavy atom. The second-order valence-electron chi connectivity index (χ2n) is 6.73. The number of nitrogens with two attached hydrogens (primary N) is 1. The van der Waals surface area contributed by atoms with E-state index in [9.17, 15) is 4.79 Å². The summed E-state index contributed by atoms with van der Waals surface area (Å²) in [5, 5.41) is 0. The minimum Gasteiger partial charge on any atom is -0.399 e. The molecule has 0 heterocycles. The third-order valence-corrected chi connectivity index (χ3v) is 4.80. The molecule has 0 aliphatic heterocycles. The quantitative estimate of drug-likeness (QED) is 0.856. The van der Waals surface area contributed by atoms with Gasteiger partial charge >= 0.3 is 0 Å². The Morgan fingerprint density at radius 3 is 2.60 bits per heavy atom. The fourth-order valence-corrected chi connectivity index (χ4v) is 3.55. The number of carbonyl (C=O) groups is 1. The van der Waals surface area contributed by atoms with Crippen LogP contribution >= 0.6 is 0 Å². The first-order valence-electron chi connectivity index (χ1n) is 7.69. The van der Waals surface area contributed by atoms with E-state index >= 15 is 0 Å². The number of carbonyl (C=O) groups excluding carboxylic acids is 1. The van der Waals surface area contributed by atoms with Gasteiger partial charge in [-0.1, -0.05) is 12.1 Å². The van der Waals surface area contributed by atoms with E-state index in [1.54, 1.807) is 0 Å².